The van der Waals surface area contributed by atoms with E-state index < -0.39 is 17.6 Å². The van der Waals surface area contributed by atoms with Crippen LogP contribution in [-0.4, -0.2) is 11.1 Å². The molecular weight excluding hydrogens is 267 g/mol. The van der Waals surface area contributed by atoms with Crippen molar-refractivity contribution in [2.45, 2.75) is 50.6 Å². The van der Waals surface area contributed by atoms with E-state index in [9.17, 15) is 14.3 Å². The maximum absolute atomic E-state index is 13.3. The predicted octanol–water partition coefficient (Wildman–Crippen LogP) is 4.66. The van der Waals surface area contributed by atoms with Crippen LogP contribution in [0, 0.1) is 0 Å². The summed E-state index contributed by atoms with van der Waals surface area (Å²) in [5.74, 6) is -0.824. The second-order valence-electron chi connectivity index (χ2n) is 5.30. The van der Waals surface area contributed by atoms with Crippen molar-refractivity contribution in [3.8, 4) is 0 Å². The molecule has 1 saturated carbocycles. The molecule has 1 aromatic carbocycles. The van der Waals surface area contributed by atoms with Crippen molar-refractivity contribution in [2.24, 2.45) is 0 Å². The Morgan fingerprint density at radius 2 is 2.00 bits per heavy atom. The number of alkyl halides is 1. The lowest BCUT2D eigenvalue weighted by molar-refractivity contribution is -0.145. The minimum atomic E-state index is -1.10. The van der Waals surface area contributed by atoms with Gasteiger partial charge in [0.15, 0.2) is 0 Å². The lowest BCUT2D eigenvalue weighted by atomic mass is 9.69. The van der Waals surface area contributed by atoms with E-state index in [1.165, 1.54) is 6.92 Å². The molecule has 104 valence electrons. The minimum absolute atomic E-state index is 0.367. The van der Waals surface area contributed by atoms with E-state index in [-0.39, 0.29) is 0 Å². The molecule has 1 unspecified atom stereocenters. The fraction of sp³-hybridized carbons (Fsp3) is 0.533. The quantitative estimate of drug-likeness (QED) is 0.877. The van der Waals surface area contributed by atoms with Gasteiger partial charge < -0.3 is 5.11 Å². The normalized spacial score (nSPS) is 19.9. The SMILES string of the molecule is CC(F)c1ccc(C2(C(=O)O)CCCCC2)c(Cl)c1. The van der Waals surface area contributed by atoms with Gasteiger partial charge in [-0.25, -0.2) is 4.39 Å². The number of rotatable bonds is 3. The Hall–Kier alpha value is -1.09. The first kappa shape index (κ1) is 14.3. The number of aliphatic carboxylic acids is 1. The summed E-state index contributed by atoms with van der Waals surface area (Å²) in [6.45, 7) is 1.44. The highest BCUT2D eigenvalue weighted by molar-refractivity contribution is 6.31. The van der Waals surface area contributed by atoms with E-state index >= 15 is 0 Å². The maximum Gasteiger partial charge on any atom is 0.314 e. The van der Waals surface area contributed by atoms with Crippen LogP contribution in [0.2, 0.25) is 5.02 Å². The molecule has 0 aromatic heterocycles. The Morgan fingerprint density at radius 1 is 1.37 bits per heavy atom. The second-order valence-corrected chi connectivity index (χ2v) is 5.71. The van der Waals surface area contributed by atoms with Crippen LogP contribution in [0.1, 0.15) is 56.3 Å². The zero-order chi connectivity index (χ0) is 14.0. The van der Waals surface area contributed by atoms with Gasteiger partial charge in [0, 0.05) is 5.02 Å². The predicted molar refractivity (Wildman–Crippen MR) is 73.4 cm³/mol. The Bertz CT molecular complexity index is 479. The van der Waals surface area contributed by atoms with Crippen LogP contribution in [0.3, 0.4) is 0 Å². The molecular formula is C15H18ClFO2. The summed E-state index contributed by atoms with van der Waals surface area (Å²) in [5, 5.41) is 9.98. The van der Waals surface area contributed by atoms with Crippen LogP contribution >= 0.6 is 11.6 Å². The maximum atomic E-state index is 13.3. The van der Waals surface area contributed by atoms with Gasteiger partial charge in [0.25, 0.3) is 0 Å². The van der Waals surface area contributed by atoms with Gasteiger partial charge in [0.2, 0.25) is 0 Å². The summed E-state index contributed by atoms with van der Waals surface area (Å²) in [6.07, 6.45) is 2.96. The van der Waals surface area contributed by atoms with Gasteiger partial charge in [-0.05, 0) is 37.0 Å². The fourth-order valence-corrected chi connectivity index (χ4v) is 3.29. The lowest BCUT2D eigenvalue weighted by Gasteiger charge is -2.34. The molecule has 0 bridgehead atoms. The van der Waals surface area contributed by atoms with Crippen molar-refractivity contribution in [2.75, 3.05) is 0 Å². The monoisotopic (exact) mass is 284 g/mol. The number of carbonyl (C=O) groups is 1. The number of carboxylic acid groups (broad SMARTS) is 1. The molecule has 1 aromatic rings. The van der Waals surface area contributed by atoms with Gasteiger partial charge in [-0.15, -0.1) is 0 Å². The molecule has 1 aliphatic carbocycles. The van der Waals surface area contributed by atoms with Gasteiger partial charge in [0.05, 0.1) is 5.41 Å². The lowest BCUT2D eigenvalue weighted by Crippen LogP contribution is -2.38. The van der Waals surface area contributed by atoms with Crippen LogP contribution in [0.4, 0.5) is 4.39 Å². The van der Waals surface area contributed by atoms with E-state index in [0.717, 1.165) is 19.3 Å². The molecule has 0 saturated heterocycles. The van der Waals surface area contributed by atoms with E-state index in [0.29, 0.717) is 29.0 Å². The summed E-state index contributed by atoms with van der Waals surface area (Å²) >= 11 is 6.21. The molecule has 1 N–H and O–H groups in total. The summed E-state index contributed by atoms with van der Waals surface area (Å²) in [4.78, 5) is 11.7. The molecule has 0 aliphatic heterocycles. The third kappa shape index (κ3) is 2.62. The Labute approximate surface area is 117 Å². The van der Waals surface area contributed by atoms with Gasteiger partial charge in [-0.3, -0.25) is 4.79 Å². The molecule has 1 fully saturated rings. The highest BCUT2D eigenvalue weighted by atomic mass is 35.5. The average molecular weight is 285 g/mol. The first-order chi connectivity index (χ1) is 8.97. The number of halogens is 2. The van der Waals surface area contributed by atoms with E-state index in [1.54, 1.807) is 18.2 Å². The Kier molecular flexibility index (Phi) is 4.14. The molecule has 2 nitrogen and oxygen atoms in total. The summed E-state index contributed by atoms with van der Waals surface area (Å²) in [7, 11) is 0. The van der Waals surface area contributed by atoms with Crippen LogP contribution in [0.15, 0.2) is 18.2 Å². The Balaban J connectivity index is 2.45. The molecule has 0 amide bonds. The van der Waals surface area contributed by atoms with E-state index in [1.807, 2.05) is 0 Å². The van der Waals surface area contributed by atoms with Crippen LogP contribution in [-0.2, 0) is 10.2 Å². The van der Waals surface area contributed by atoms with E-state index in [2.05, 4.69) is 0 Å². The van der Waals surface area contributed by atoms with Gasteiger partial charge in [0.1, 0.15) is 6.17 Å². The number of benzene rings is 1. The first-order valence-electron chi connectivity index (χ1n) is 6.65. The molecule has 0 radical (unpaired) electrons. The topological polar surface area (TPSA) is 37.3 Å². The molecule has 1 atom stereocenters. The van der Waals surface area contributed by atoms with Gasteiger partial charge >= 0.3 is 5.97 Å². The number of hydrogen-bond donors (Lipinski definition) is 1. The fourth-order valence-electron chi connectivity index (χ4n) is 2.92. The number of carboxylic acids is 1. The molecule has 0 heterocycles. The molecule has 2 rings (SSSR count). The highest BCUT2D eigenvalue weighted by Crippen LogP contribution is 2.43. The molecule has 19 heavy (non-hydrogen) atoms. The van der Waals surface area contributed by atoms with Crippen molar-refractivity contribution >= 4 is 17.6 Å². The highest BCUT2D eigenvalue weighted by Gasteiger charge is 2.42. The van der Waals surface area contributed by atoms with Gasteiger partial charge in [-0.2, -0.15) is 0 Å². The molecule has 0 spiro atoms. The zero-order valence-electron chi connectivity index (χ0n) is 11.0. The van der Waals surface area contributed by atoms with Crippen molar-refractivity contribution in [3.63, 3.8) is 0 Å². The number of hydrogen-bond acceptors (Lipinski definition) is 1. The minimum Gasteiger partial charge on any atom is -0.481 e. The second kappa shape index (κ2) is 5.49. The smallest absolute Gasteiger partial charge is 0.314 e. The standard InChI is InChI=1S/C15H18ClFO2/c1-10(17)11-5-6-12(13(16)9-11)15(14(18)19)7-3-2-4-8-15/h5-6,9-10H,2-4,7-8H2,1H3,(H,18,19). The molecule has 4 heteroatoms. The average Bonchev–Trinajstić information content (AvgIpc) is 2.39. The van der Waals surface area contributed by atoms with Crippen molar-refractivity contribution in [1.82, 2.24) is 0 Å². The zero-order valence-corrected chi connectivity index (χ0v) is 11.7. The van der Waals surface area contributed by atoms with Crippen LogP contribution < -0.4 is 0 Å². The van der Waals surface area contributed by atoms with Crippen LogP contribution in [0.25, 0.3) is 0 Å². The first-order valence-corrected chi connectivity index (χ1v) is 7.02. The third-order valence-electron chi connectivity index (χ3n) is 4.08. The third-order valence-corrected chi connectivity index (χ3v) is 4.40. The molecule has 1 aliphatic rings. The summed E-state index contributed by atoms with van der Waals surface area (Å²) in [5.41, 5.74) is 0.226. The summed E-state index contributed by atoms with van der Waals surface area (Å²) in [6, 6.07) is 4.89. The van der Waals surface area contributed by atoms with Crippen LogP contribution in [0.5, 0.6) is 0 Å². The summed E-state index contributed by atoms with van der Waals surface area (Å²) < 4.78 is 13.3. The van der Waals surface area contributed by atoms with Crippen molar-refractivity contribution < 1.29 is 14.3 Å². The van der Waals surface area contributed by atoms with Gasteiger partial charge in [-0.1, -0.05) is 43.0 Å². The Morgan fingerprint density at radius 3 is 2.47 bits per heavy atom. The van der Waals surface area contributed by atoms with Crippen molar-refractivity contribution in [1.29, 1.82) is 0 Å². The largest absolute Gasteiger partial charge is 0.481 e. The van der Waals surface area contributed by atoms with Crippen molar-refractivity contribution in [3.05, 3.63) is 34.3 Å². The van der Waals surface area contributed by atoms with E-state index in [4.69, 9.17) is 11.6 Å².